The highest BCUT2D eigenvalue weighted by atomic mass is 16.5. The normalized spacial score (nSPS) is 19.4. The monoisotopic (exact) mass is 423 g/mol. The van der Waals surface area contributed by atoms with E-state index in [1.54, 1.807) is 4.90 Å². The van der Waals surface area contributed by atoms with Gasteiger partial charge in [0.15, 0.2) is 6.54 Å². The van der Waals surface area contributed by atoms with E-state index in [-0.39, 0.29) is 17.9 Å². The number of carbonyl (C=O) groups excluding carboxylic acids is 2. The summed E-state index contributed by atoms with van der Waals surface area (Å²) in [6.07, 6.45) is 0.303. The highest BCUT2D eigenvalue weighted by Crippen LogP contribution is 2.31. The number of quaternary nitrogens is 1. The van der Waals surface area contributed by atoms with Crippen LogP contribution in [0.1, 0.15) is 20.3 Å². The van der Waals surface area contributed by atoms with E-state index in [1.807, 2.05) is 56.3 Å². The van der Waals surface area contributed by atoms with Crippen molar-refractivity contribution in [3.63, 3.8) is 0 Å². The Morgan fingerprint density at radius 1 is 1.10 bits per heavy atom. The third kappa shape index (κ3) is 4.66. The Morgan fingerprint density at radius 3 is 2.52 bits per heavy atom. The van der Waals surface area contributed by atoms with Gasteiger partial charge >= 0.3 is 0 Å². The molecule has 0 radical (unpaired) electrons. The van der Waals surface area contributed by atoms with Crippen molar-refractivity contribution < 1.29 is 19.2 Å². The number of amides is 2. The molecule has 2 aromatic carbocycles. The predicted molar refractivity (Wildman–Crippen MR) is 122 cm³/mol. The number of fused-ring (bicyclic) bond motifs is 1. The maximum atomic E-state index is 13.3. The van der Waals surface area contributed by atoms with Gasteiger partial charge in [0.1, 0.15) is 5.75 Å². The molecule has 0 aliphatic carbocycles. The lowest BCUT2D eigenvalue weighted by Gasteiger charge is -2.35. The number of nitrogens with one attached hydrogen (secondary N) is 2. The summed E-state index contributed by atoms with van der Waals surface area (Å²) < 4.78 is 5.78. The molecule has 0 spiro atoms. The molecule has 0 bridgehead atoms. The van der Waals surface area contributed by atoms with E-state index in [1.165, 1.54) is 4.90 Å². The first-order chi connectivity index (χ1) is 15.1. The summed E-state index contributed by atoms with van der Waals surface area (Å²) in [5.74, 6) is 0.926. The van der Waals surface area contributed by atoms with Crippen molar-refractivity contribution in [3.05, 3.63) is 48.5 Å². The van der Waals surface area contributed by atoms with Crippen LogP contribution in [0.15, 0.2) is 48.5 Å². The van der Waals surface area contributed by atoms with Gasteiger partial charge in [0.25, 0.3) is 5.91 Å². The SMILES string of the molecule is CCOc1ccccc1N1CC[NH+](CC(=O)N2c3ccccc3NC(=O)C[C@@H]2C)CC1. The minimum absolute atomic E-state index is 0.0517. The van der Waals surface area contributed by atoms with Gasteiger partial charge in [0.05, 0.1) is 49.8 Å². The molecule has 0 saturated carbocycles. The summed E-state index contributed by atoms with van der Waals surface area (Å²) in [5, 5.41) is 2.92. The number of carbonyl (C=O) groups is 2. The fourth-order valence-corrected chi connectivity index (χ4v) is 4.50. The van der Waals surface area contributed by atoms with Crippen LogP contribution in [0, 0.1) is 0 Å². The van der Waals surface area contributed by atoms with E-state index >= 15 is 0 Å². The first kappa shape index (κ1) is 21.2. The molecule has 7 heteroatoms. The molecule has 1 atom stereocenters. The zero-order chi connectivity index (χ0) is 21.8. The molecule has 7 nitrogen and oxygen atoms in total. The van der Waals surface area contributed by atoms with Crippen molar-refractivity contribution in [2.75, 3.05) is 54.4 Å². The Labute approximate surface area is 183 Å². The molecule has 0 unspecified atom stereocenters. The molecule has 0 aromatic heterocycles. The molecule has 31 heavy (non-hydrogen) atoms. The predicted octanol–water partition coefficient (Wildman–Crippen LogP) is 1.55. The maximum absolute atomic E-state index is 13.3. The third-order valence-electron chi connectivity index (χ3n) is 6.01. The fourth-order valence-electron chi connectivity index (χ4n) is 4.50. The summed E-state index contributed by atoms with van der Waals surface area (Å²) >= 11 is 0. The summed E-state index contributed by atoms with van der Waals surface area (Å²) in [4.78, 5) is 30.9. The van der Waals surface area contributed by atoms with Gasteiger partial charge in [-0.25, -0.2) is 0 Å². The van der Waals surface area contributed by atoms with Crippen LogP contribution >= 0.6 is 0 Å². The van der Waals surface area contributed by atoms with Crippen LogP contribution in [0.3, 0.4) is 0 Å². The molecule has 1 fully saturated rings. The minimum atomic E-state index is -0.171. The van der Waals surface area contributed by atoms with Gasteiger partial charge in [-0.2, -0.15) is 0 Å². The zero-order valence-corrected chi connectivity index (χ0v) is 18.3. The quantitative estimate of drug-likeness (QED) is 0.766. The van der Waals surface area contributed by atoms with Crippen molar-refractivity contribution in [2.45, 2.75) is 26.3 Å². The second kappa shape index (κ2) is 9.39. The zero-order valence-electron chi connectivity index (χ0n) is 18.3. The van der Waals surface area contributed by atoms with E-state index < -0.39 is 0 Å². The lowest BCUT2D eigenvalue weighted by Crippen LogP contribution is -3.16. The third-order valence-corrected chi connectivity index (χ3v) is 6.01. The number of benzene rings is 2. The standard InChI is InChI=1S/C24H30N4O3/c1-3-31-22-11-7-6-10-21(22)27-14-12-26(13-15-27)17-24(30)28-18(2)16-23(29)25-19-8-4-5-9-20(19)28/h4-11,18H,3,12-17H2,1-2H3,(H,25,29)/p+1/t18-/m0/s1. The second-order valence-electron chi connectivity index (χ2n) is 8.20. The van der Waals surface area contributed by atoms with Crippen LogP contribution in [0.2, 0.25) is 0 Å². The summed E-state index contributed by atoms with van der Waals surface area (Å²) in [5.41, 5.74) is 2.61. The van der Waals surface area contributed by atoms with Gasteiger partial charge in [-0.3, -0.25) is 9.59 Å². The van der Waals surface area contributed by atoms with Crippen LogP contribution < -0.4 is 24.8 Å². The molecule has 2 heterocycles. The molecule has 2 N–H and O–H groups in total. The highest BCUT2D eigenvalue weighted by molar-refractivity contribution is 6.04. The Morgan fingerprint density at radius 2 is 1.77 bits per heavy atom. The Bertz CT molecular complexity index is 940. The van der Waals surface area contributed by atoms with Crippen molar-refractivity contribution in [1.82, 2.24) is 0 Å². The number of anilines is 3. The van der Waals surface area contributed by atoms with Gasteiger partial charge in [-0.15, -0.1) is 0 Å². The van der Waals surface area contributed by atoms with E-state index in [0.717, 1.165) is 43.3 Å². The molecule has 1 saturated heterocycles. The van der Waals surface area contributed by atoms with Gasteiger partial charge in [0.2, 0.25) is 5.91 Å². The van der Waals surface area contributed by atoms with E-state index in [2.05, 4.69) is 16.3 Å². The smallest absolute Gasteiger partial charge is 0.282 e. The molecule has 2 aliphatic rings. The molecule has 2 amide bonds. The van der Waals surface area contributed by atoms with Gasteiger partial charge in [-0.05, 0) is 38.1 Å². The Hall–Kier alpha value is -3.06. The molecule has 4 rings (SSSR count). The van der Waals surface area contributed by atoms with Crippen LogP contribution in [0.5, 0.6) is 5.75 Å². The lowest BCUT2D eigenvalue weighted by atomic mass is 10.1. The van der Waals surface area contributed by atoms with Crippen LogP contribution in [0.25, 0.3) is 0 Å². The molecule has 2 aromatic rings. The average Bonchev–Trinajstić information content (AvgIpc) is 2.89. The number of hydrogen-bond acceptors (Lipinski definition) is 4. The van der Waals surface area contributed by atoms with Crippen molar-refractivity contribution in [2.24, 2.45) is 0 Å². The topological polar surface area (TPSA) is 66.3 Å². The lowest BCUT2D eigenvalue weighted by molar-refractivity contribution is -0.892. The van der Waals surface area contributed by atoms with Gasteiger partial charge in [0, 0.05) is 12.5 Å². The number of hydrogen-bond donors (Lipinski definition) is 2. The highest BCUT2D eigenvalue weighted by Gasteiger charge is 2.32. The number of rotatable bonds is 5. The summed E-state index contributed by atoms with van der Waals surface area (Å²) in [6.45, 7) is 8.52. The first-order valence-electron chi connectivity index (χ1n) is 11.1. The van der Waals surface area contributed by atoms with E-state index in [9.17, 15) is 9.59 Å². The second-order valence-corrected chi connectivity index (χ2v) is 8.20. The van der Waals surface area contributed by atoms with Gasteiger partial charge in [-0.1, -0.05) is 24.3 Å². The molecule has 2 aliphatic heterocycles. The van der Waals surface area contributed by atoms with Crippen molar-refractivity contribution in [1.29, 1.82) is 0 Å². The summed E-state index contributed by atoms with van der Waals surface area (Å²) in [6, 6.07) is 15.5. The van der Waals surface area contributed by atoms with Gasteiger partial charge < -0.3 is 24.8 Å². The van der Waals surface area contributed by atoms with Crippen LogP contribution in [0.4, 0.5) is 17.1 Å². The summed E-state index contributed by atoms with van der Waals surface area (Å²) in [7, 11) is 0. The minimum Gasteiger partial charge on any atom is -0.492 e. The maximum Gasteiger partial charge on any atom is 0.282 e. The van der Waals surface area contributed by atoms with Crippen molar-refractivity contribution >= 4 is 28.9 Å². The molecule has 164 valence electrons. The molecular weight excluding hydrogens is 392 g/mol. The number of ether oxygens (including phenoxy) is 1. The number of piperazine rings is 1. The first-order valence-corrected chi connectivity index (χ1v) is 11.1. The van der Waals surface area contributed by atoms with E-state index in [4.69, 9.17) is 4.74 Å². The average molecular weight is 424 g/mol. The number of nitrogens with zero attached hydrogens (tertiary/aromatic N) is 2. The van der Waals surface area contributed by atoms with Crippen LogP contribution in [-0.2, 0) is 9.59 Å². The fraction of sp³-hybridized carbons (Fsp3) is 0.417. The van der Waals surface area contributed by atoms with E-state index in [0.29, 0.717) is 25.3 Å². The largest absolute Gasteiger partial charge is 0.492 e. The van der Waals surface area contributed by atoms with Crippen LogP contribution in [-0.4, -0.2) is 57.2 Å². The molecular formula is C24H31N4O3+. The Balaban J connectivity index is 1.42. The van der Waals surface area contributed by atoms with Crippen molar-refractivity contribution in [3.8, 4) is 5.75 Å². The Kier molecular flexibility index (Phi) is 6.42. The number of para-hydroxylation sites is 4.